The summed E-state index contributed by atoms with van der Waals surface area (Å²) in [5, 5.41) is 10.2. The first-order valence-corrected chi connectivity index (χ1v) is 14.3. The maximum Gasteiger partial charge on any atom is 0.0577 e. The fourth-order valence-electron chi connectivity index (χ4n) is 8.14. The molecule has 1 nitrogen and oxygen atoms in total. The molecule has 1 heteroatoms. The minimum absolute atomic E-state index is 0.0731. The van der Waals surface area contributed by atoms with Gasteiger partial charge in [0.1, 0.15) is 0 Å². The second-order valence-corrected chi connectivity index (χ2v) is 11.4. The van der Waals surface area contributed by atoms with Crippen LogP contribution in [0.1, 0.15) is 132 Å². The molecule has 0 radical (unpaired) electrons. The van der Waals surface area contributed by atoms with Crippen LogP contribution >= 0.6 is 0 Å². The molecule has 4 rings (SSSR count). The van der Waals surface area contributed by atoms with Crippen molar-refractivity contribution in [3.63, 3.8) is 0 Å². The summed E-state index contributed by atoms with van der Waals surface area (Å²) in [7, 11) is 0. The fraction of sp³-hybridized carbons (Fsp3) is 0.933. The van der Waals surface area contributed by atoms with Crippen LogP contribution in [0.4, 0.5) is 0 Å². The molecule has 0 saturated heterocycles. The van der Waals surface area contributed by atoms with Crippen LogP contribution in [0, 0.1) is 40.4 Å². The topological polar surface area (TPSA) is 20.2 Å². The molecule has 3 saturated carbocycles. The third-order valence-electron chi connectivity index (χ3n) is 10.2. The van der Waals surface area contributed by atoms with E-state index in [4.69, 9.17) is 0 Å². The molecular formula is C30H56O. The number of hydrogen-bond donors (Lipinski definition) is 1. The van der Waals surface area contributed by atoms with Crippen LogP contribution in [0.25, 0.3) is 0 Å². The molecule has 1 N–H and O–H groups in total. The molecule has 0 bridgehead atoms. The molecule has 0 heterocycles. The minimum Gasteiger partial charge on any atom is -0.393 e. The standard InChI is InChI=1S/C26H44O.2C2H6/c1-5-18(2)7-6-8-19-10-12-23-22-11-9-20-17-21(27)13-15-26(20,4)24(22)14-16-25(19,23)3;2*1-2/h9,18-19,21-24,27H,5-8,10-17H2,1-4H3;2*1-2H3/t18-,19-,21-,22-,23-,24?,25+,26-;;/m0../s1. The molecule has 0 aromatic carbocycles. The van der Waals surface area contributed by atoms with Gasteiger partial charge in [0.05, 0.1) is 6.10 Å². The van der Waals surface area contributed by atoms with Gasteiger partial charge >= 0.3 is 0 Å². The number of rotatable bonds is 5. The molecule has 31 heavy (non-hydrogen) atoms. The number of fused-ring (bicyclic) bond motifs is 5. The van der Waals surface area contributed by atoms with Crippen molar-refractivity contribution in [2.75, 3.05) is 0 Å². The lowest BCUT2D eigenvalue weighted by Gasteiger charge is -2.58. The van der Waals surface area contributed by atoms with Gasteiger partial charge in [0, 0.05) is 0 Å². The van der Waals surface area contributed by atoms with Crippen LogP contribution in [0.5, 0.6) is 0 Å². The Bertz CT molecular complexity index is 565. The van der Waals surface area contributed by atoms with Crippen molar-refractivity contribution in [3.05, 3.63) is 11.6 Å². The van der Waals surface area contributed by atoms with Gasteiger partial charge in [-0.1, -0.05) is 86.3 Å². The SMILES string of the molecule is CC.CC.CC[C@H](C)CCC[C@H]1CC[C@H]2[C@@H]3CC=C4C[C@@H](O)CC[C@]4(C)C3CC[C@]12C. The molecule has 0 spiro atoms. The van der Waals surface area contributed by atoms with Gasteiger partial charge in [-0.15, -0.1) is 0 Å². The van der Waals surface area contributed by atoms with Gasteiger partial charge in [-0.2, -0.15) is 0 Å². The lowest BCUT2D eigenvalue weighted by molar-refractivity contribution is -0.0509. The zero-order chi connectivity index (χ0) is 23.2. The van der Waals surface area contributed by atoms with Crippen LogP contribution in [0.3, 0.4) is 0 Å². The summed E-state index contributed by atoms with van der Waals surface area (Å²) >= 11 is 0. The van der Waals surface area contributed by atoms with Crippen LogP contribution < -0.4 is 0 Å². The molecule has 0 aromatic rings. The first kappa shape index (κ1) is 26.9. The zero-order valence-electron chi connectivity index (χ0n) is 22.5. The molecule has 0 aromatic heterocycles. The highest BCUT2D eigenvalue weighted by Crippen LogP contribution is 2.66. The van der Waals surface area contributed by atoms with E-state index in [2.05, 4.69) is 33.8 Å². The summed E-state index contributed by atoms with van der Waals surface area (Å²) < 4.78 is 0. The normalized spacial score (nSPS) is 41.8. The molecule has 3 fully saturated rings. The van der Waals surface area contributed by atoms with Gasteiger partial charge in [0.2, 0.25) is 0 Å². The van der Waals surface area contributed by atoms with Crippen molar-refractivity contribution in [1.29, 1.82) is 0 Å². The van der Waals surface area contributed by atoms with Gasteiger partial charge in [-0.25, -0.2) is 0 Å². The molecule has 0 amide bonds. The van der Waals surface area contributed by atoms with E-state index in [-0.39, 0.29) is 6.10 Å². The molecular weight excluding hydrogens is 376 g/mol. The Labute approximate surface area is 195 Å². The van der Waals surface area contributed by atoms with Crippen molar-refractivity contribution in [1.82, 2.24) is 0 Å². The van der Waals surface area contributed by atoms with Crippen molar-refractivity contribution < 1.29 is 5.11 Å². The van der Waals surface area contributed by atoms with E-state index in [1.165, 1.54) is 64.2 Å². The third-order valence-corrected chi connectivity index (χ3v) is 10.2. The molecule has 4 aliphatic rings. The number of aliphatic hydroxyl groups is 1. The summed E-state index contributed by atoms with van der Waals surface area (Å²) in [5.74, 6) is 4.67. The Morgan fingerprint density at radius 3 is 2.39 bits per heavy atom. The Morgan fingerprint density at radius 1 is 1.00 bits per heavy atom. The molecule has 4 aliphatic carbocycles. The van der Waals surface area contributed by atoms with Crippen LogP contribution in [0.15, 0.2) is 11.6 Å². The lowest BCUT2D eigenvalue weighted by atomic mass is 9.47. The maximum absolute atomic E-state index is 10.2. The van der Waals surface area contributed by atoms with E-state index in [1.807, 2.05) is 27.7 Å². The van der Waals surface area contributed by atoms with E-state index in [0.29, 0.717) is 10.8 Å². The van der Waals surface area contributed by atoms with Crippen LogP contribution in [0.2, 0.25) is 0 Å². The predicted molar refractivity (Wildman–Crippen MR) is 137 cm³/mol. The number of aliphatic hydroxyl groups excluding tert-OH is 1. The largest absolute Gasteiger partial charge is 0.393 e. The van der Waals surface area contributed by atoms with Gasteiger partial charge in [0.25, 0.3) is 0 Å². The van der Waals surface area contributed by atoms with Gasteiger partial charge < -0.3 is 5.11 Å². The first-order valence-electron chi connectivity index (χ1n) is 14.3. The van der Waals surface area contributed by atoms with E-state index in [0.717, 1.165) is 42.4 Å². The molecule has 182 valence electrons. The Balaban J connectivity index is 0.000000807. The van der Waals surface area contributed by atoms with Crippen LogP contribution in [-0.4, -0.2) is 11.2 Å². The van der Waals surface area contributed by atoms with E-state index < -0.39 is 0 Å². The van der Waals surface area contributed by atoms with Gasteiger partial charge in [0.15, 0.2) is 0 Å². The maximum atomic E-state index is 10.2. The Hall–Kier alpha value is -0.300. The minimum atomic E-state index is -0.0731. The van der Waals surface area contributed by atoms with E-state index >= 15 is 0 Å². The number of allylic oxidation sites excluding steroid dienone is 1. The van der Waals surface area contributed by atoms with Crippen molar-refractivity contribution in [2.24, 2.45) is 40.4 Å². The van der Waals surface area contributed by atoms with Crippen LogP contribution in [-0.2, 0) is 0 Å². The second-order valence-electron chi connectivity index (χ2n) is 11.4. The average molecular weight is 433 g/mol. The highest BCUT2D eigenvalue weighted by atomic mass is 16.3. The quantitative estimate of drug-likeness (QED) is 0.429. The van der Waals surface area contributed by atoms with E-state index in [9.17, 15) is 5.11 Å². The molecule has 8 atom stereocenters. The van der Waals surface area contributed by atoms with Gasteiger partial charge in [-0.3, -0.25) is 0 Å². The summed E-state index contributed by atoms with van der Waals surface area (Å²) in [6, 6.07) is 0. The highest BCUT2D eigenvalue weighted by Gasteiger charge is 2.58. The Morgan fingerprint density at radius 2 is 1.71 bits per heavy atom. The fourth-order valence-corrected chi connectivity index (χ4v) is 8.14. The smallest absolute Gasteiger partial charge is 0.0577 e. The summed E-state index contributed by atoms with van der Waals surface area (Å²) in [6.07, 6.45) is 18.7. The lowest BCUT2D eigenvalue weighted by Crippen LogP contribution is -2.50. The molecule has 0 aliphatic heterocycles. The van der Waals surface area contributed by atoms with Crippen molar-refractivity contribution in [2.45, 2.75) is 139 Å². The third kappa shape index (κ3) is 5.28. The summed E-state index contributed by atoms with van der Waals surface area (Å²) in [4.78, 5) is 0. The summed E-state index contributed by atoms with van der Waals surface area (Å²) in [6.45, 7) is 18.0. The van der Waals surface area contributed by atoms with Crippen molar-refractivity contribution >= 4 is 0 Å². The van der Waals surface area contributed by atoms with Gasteiger partial charge in [-0.05, 0) is 98.2 Å². The monoisotopic (exact) mass is 432 g/mol. The molecule has 1 unspecified atom stereocenters. The van der Waals surface area contributed by atoms with Crippen molar-refractivity contribution in [3.8, 4) is 0 Å². The zero-order valence-corrected chi connectivity index (χ0v) is 22.5. The summed E-state index contributed by atoms with van der Waals surface area (Å²) in [5.41, 5.74) is 2.64. The average Bonchev–Trinajstić information content (AvgIpc) is 3.13. The Kier molecular flexibility index (Phi) is 10.2. The first-order chi connectivity index (χ1) is 14.9. The van der Waals surface area contributed by atoms with E-state index in [1.54, 1.807) is 5.57 Å². The second kappa shape index (κ2) is 11.7. The number of hydrogen-bond acceptors (Lipinski definition) is 1. The predicted octanol–water partition coefficient (Wildman–Crippen LogP) is 9.20. The highest BCUT2D eigenvalue weighted by molar-refractivity contribution is 5.25.